The number of halogens is 2. The highest BCUT2D eigenvalue weighted by molar-refractivity contribution is 9.10. The summed E-state index contributed by atoms with van der Waals surface area (Å²) in [5.74, 6) is 0. The molecule has 2 heterocycles. The van der Waals surface area contributed by atoms with Crippen LogP contribution in [0.3, 0.4) is 0 Å². The number of hydrogen-bond donors (Lipinski definition) is 0. The largest absolute Gasteiger partial charge is 0.317 e. The van der Waals surface area contributed by atoms with Crippen molar-refractivity contribution in [2.75, 3.05) is 0 Å². The zero-order valence-corrected chi connectivity index (χ0v) is 9.63. The smallest absolute Gasteiger partial charge is 0.258 e. The summed E-state index contributed by atoms with van der Waals surface area (Å²) in [6.45, 7) is 0. The molecule has 0 aliphatic carbocycles. The Balaban J connectivity index is 3.03. The summed E-state index contributed by atoms with van der Waals surface area (Å²) in [6, 6.07) is 1.57. The fourth-order valence-corrected chi connectivity index (χ4v) is 2.07. The SMILES string of the molecule is Cn1cc(Br)c2cnc(Cl)cc2c1=O. The van der Waals surface area contributed by atoms with Gasteiger partial charge in [-0.2, -0.15) is 0 Å². The fourth-order valence-electron chi connectivity index (χ4n) is 1.29. The number of rotatable bonds is 0. The maximum Gasteiger partial charge on any atom is 0.258 e. The second-order valence-electron chi connectivity index (χ2n) is 2.95. The Morgan fingerprint density at radius 2 is 2.21 bits per heavy atom. The van der Waals surface area contributed by atoms with Gasteiger partial charge in [0.15, 0.2) is 0 Å². The molecule has 0 radical (unpaired) electrons. The predicted octanol–water partition coefficient (Wildman–Crippen LogP) is 2.35. The summed E-state index contributed by atoms with van der Waals surface area (Å²) >= 11 is 9.08. The number of aryl methyl sites for hydroxylation is 1. The van der Waals surface area contributed by atoms with Crippen molar-refractivity contribution in [2.45, 2.75) is 0 Å². The van der Waals surface area contributed by atoms with Crippen LogP contribution in [0.25, 0.3) is 10.8 Å². The van der Waals surface area contributed by atoms with Crippen molar-refractivity contribution in [1.29, 1.82) is 0 Å². The summed E-state index contributed by atoms with van der Waals surface area (Å²) < 4.78 is 2.33. The molecule has 0 saturated heterocycles. The van der Waals surface area contributed by atoms with E-state index in [9.17, 15) is 4.79 Å². The topological polar surface area (TPSA) is 34.9 Å². The van der Waals surface area contributed by atoms with E-state index < -0.39 is 0 Å². The van der Waals surface area contributed by atoms with Crippen LogP contribution in [0.2, 0.25) is 5.15 Å². The number of fused-ring (bicyclic) bond motifs is 1. The zero-order chi connectivity index (χ0) is 10.3. The van der Waals surface area contributed by atoms with Crippen molar-refractivity contribution in [2.24, 2.45) is 7.05 Å². The molecule has 0 N–H and O–H groups in total. The van der Waals surface area contributed by atoms with Crippen LogP contribution in [-0.4, -0.2) is 9.55 Å². The van der Waals surface area contributed by atoms with Gasteiger partial charge in [-0.15, -0.1) is 0 Å². The van der Waals surface area contributed by atoms with Crippen LogP contribution in [0.5, 0.6) is 0 Å². The van der Waals surface area contributed by atoms with Crippen LogP contribution in [-0.2, 0) is 7.05 Å². The number of pyridine rings is 2. The van der Waals surface area contributed by atoms with Crippen LogP contribution in [0.15, 0.2) is 27.7 Å². The van der Waals surface area contributed by atoms with Crippen LogP contribution in [0.4, 0.5) is 0 Å². The molecule has 14 heavy (non-hydrogen) atoms. The molecule has 2 rings (SSSR count). The molecule has 0 amide bonds. The summed E-state index contributed by atoms with van der Waals surface area (Å²) in [5.41, 5.74) is -0.0764. The van der Waals surface area contributed by atoms with Gasteiger partial charge in [-0.3, -0.25) is 4.79 Å². The van der Waals surface area contributed by atoms with Crippen molar-refractivity contribution in [3.63, 3.8) is 0 Å². The summed E-state index contributed by atoms with van der Waals surface area (Å²) in [5, 5.41) is 1.67. The Morgan fingerprint density at radius 3 is 2.93 bits per heavy atom. The third-order valence-corrected chi connectivity index (χ3v) is 2.82. The van der Waals surface area contributed by atoms with E-state index in [1.54, 1.807) is 25.5 Å². The van der Waals surface area contributed by atoms with Gasteiger partial charge in [0, 0.05) is 29.3 Å². The van der Waals surface area contributed by atoms with E-state index in [4.69, 9.17) is 11.6 Å². The lowest BCUT2D eigenvalue weighted by Crippen LogP contribution is -2.16. The van der Waals surface area contributed by atoms with Gasteiger partial charge < -0.3 is 4.57 Å². The molecule has 0 aliphatic heterocycles. The van der Waals surface area contributed by atoms with Gasteiger partial charge in [0.1, 0.15) is 5.15 Å². The molecule has 3 nitrogen and oxygen atoms in total. The predicted molar refractivity (Wildman–Crippen MR) is 59.7 cm³/mol. The minimum atomic E-state index is -0.0764. The molecule has 0 fully saturated rings. The summed E-state index contributed by atoms with van der Waals surface area (Å²) in [7, 11) is 1.70. The molecule has 2 aromatic rings. The highest BCUT2D eigenvalue weighted by atomic mass is 79.9. The highest BCUT2D eigenvalue weighted by Gasteiger charge is 2.05. The van der Waals surface area contributed by atoms with Crippen molar-refractivity contribution < 1.29 is 0 Å². The lowest BCUT2D eigenvalue weighted by molar-refractivity contribution is 0.868. The lowest BCUT2D eigenvalue weighted by Gasteiger charge is -2.03. The van der Waals surface area contributed by atoms with Crippen LogP contribution < -0.4 is 5.56 Å². The van der Waals surface area contributed by atoms with Gasteiger partial charge in [-0.25, -0.2) is 4.98 Å². The van der Waals surface area contributed by atoms with Gasteiger partial charge in [0.25, 0.3) is 5.56 Å². The number of hydrogen-bond acceptors (Lipinski definition) is 2. The van der Waals surface area contributed by atoms with Crippen molar-refractivity contribution in [1.82, 2.24) is 9.55 Å². The standard InChI is InChI=1S/C9H6BrClN2O/c1-13-4-7(10)6-3-12-8(11)2-5(6)9(13)14/h2-4H,1H3. The Labute approximate surface area is 93.5 Å². The second-order valence-corrected chi connectivity index (χ2v) is 4.19. The van der Waals surface area contributed by atoms with Crippen LogP contribution in [0, 0.1) is 0 Å². The third-order valence-electron chi connectivity index (χ3n) is 1.99. The monoisotopic (exact) mass is 272 g/mol. The number of aromatic nitrogens is 2. The normalized spacial score (nSPS) is 10.8. The van der Waals surface area contributed by atoms with Crippen molar-refractivity contribution in [3.8, 4) is 0 Å². The molecule has 0 bridgehead atoms. The zero-order valence-electron chi connectivity index (χ0n) is 7.29. The van der Waals surface area contributed by atoms with E-state index in [-0.39, 0.29) is 5.56 Å². The first-order valence-electron chi connectivity index (χ1n) is 3.90. The molecule has 0 aliphatic rings. The van der Waals surface area contributed by atoms with Gasteiger partial charge in [-0.1, -0.05) is 11.6 Å². The molecule has 0 spiro atoms. The van der Waals surface area contributed by atoms with Crippen LogP contribution in [0.1, 0.15) is 0 Å². The van der Waals surface area contributed by atoms with E-state index in [0.29, 0.717) is 10.5 Å². The second kappa shape index (κ2) is 3.37. The Hall–Kier alpha value is -0.870. The first kappa shape index (κ1) is 9.68. The first-order chi connectivity index (χ1) is 6.59. The lowest BCUT2D eigenvalue weighted by atomic mass is 10.2. The molecule has 5 heteroatoms. The Kier molecular flexibility index (Phi) is 2.33. The summed E-state index contributed by atoms with van der Waals surface area (Å²) in [6.07, 6.45) is 3.30. The fraction of sp³-hybridized carbons (Fsp3) is 0.111. The molecule has 0 aromatic carbocycles. The molecule has 0 saturated carbocycles. The molecule has 0 unspecified atom stereocenters. The van der Waals surface area contributed by atoms with Gasteiger partial charge in [0.05, 0.1) is 5.39 Å². The molecule has 72 valence electrons. The first-order valence-corrected chi connectivity index (χ1v) is 5.07. The maximum atomic E-state index is 11.7. The Bertz CT molecular complexity index is 564. The molecular formula is C9H6BrClN2O. The molecular weight excluding hydrogens is 267 g/mol. The van der Waals surface area contributed by atoms with Gasteiger partial charge in [-0.05, 0) is 22.0 Å². The van der Waals surface area contributed by atoms with Crippen LogP contribution >= 0.6 is 27.5 Å². The summed E-state index contributed by atoms with van der Waals surface area (Å²) in [4.78, 5) is 15.6. The Morgan fingerprint density at radius 1 is 1.50 bits per heavy atom. The van der Waals surface area contributed by atoms with E-state index in [1.807, 2.05) is 0 Å². The van der Waals surface area contributed by atoms with Gasteiger partial charge >= 0.3 is 0 Å². The van der Waals surface area contributed by atoms with Crippen molar-refractivity contribution in [3.05, 3.63) is 38.4 Å². The van der Waals surface area contributed by atoms with E-state index in [1.165, 1.54) is 4.57 Å². The third kappa shape index (κ3) is 1.44. The van der Waals surface area contributed by atoms with Gasteiger partial charge in [0.2, 0.25) is 0 Å². The minimum absolute atomic E-state index is 0.0764. The molecule has 0 atom stereocenters. The average molecular weight is 274 g/mol. The average Bonchev–Trinajstić information content (AvgIpc) is 2.14. The van der Waals surface area contributed by atoms with E-state index >= 15 is 0 Å². The van der Waals surface area contributed by atoms with E-state index in [0.717, 1.165) is 9.86 Å². The highest BCUT2D eigenvalue weighted by Crippen LogP contribution is 2.21. The van der Waals surface area contributed by atoms with E-state index in [2.05, 4.69) is 20.9 Å². The number of nitrogens with zero attached hydrogens (tertiary/aromatic N) is 2. The maximum absolute atomic E-state index is 11.7. The van der Waals surface area contributed by atoms with Crippen molar-refractivity contribution >= 4 is 38.3 Å². The minimum Gasteiger partial charge on any atom is -0.317 e. The quantitative estimate of drug-likeness (QED) is 0.691. The molecule has 2 aromatic heterocycles.